The molecule has 7 heteroatoms. The third-order valence-electron chi connectivity index (χ3n) is 5.16. The maximum absolute atomic E-state index is 12.6. The van der Waals surface area contributed by atoms with E-state index in [2.05, 4.69) is 31.2 Å². The lowest BCUT2D eigenvalue weighted by molar-refractivity contribution is 0.0600. The molecule has 1 N–H and O–H groups in total. The standard InChI is InChI=1S/C19H25N3O3S/c1-19(2,3)11-6-7-12-14(10-11)26-17(15(12)18(24)25-5)21-16(23)13-8-9-20-22(13)4/h8-9,11H,6-7,10H2,1-5H3,(H,21,23)/t11-/m0/s1. The molecule has 0 aliphatic heterocycles. The fourth-order valence-corrected chi connectivity index (χ4v) is 4.81. The fourth-order valence-electron chi connectivity index (χ4n) is 3.49. The summed E-state index contributed by atoms with van der Waals surface area (Å²) in [7, 11) is 3.09. The zero-order valence-corrected chi connectivity index (χ0v) is 16.7. The van der Waals surface area contributed by atoms with Gasteiger partial charge in [0.25, 0.3) is 5.91 Å². The van der Waals surface area contributed by atoms with Gasteiger partial charge in [-0.1, -0.05) is 20.8 Å². The second-order valence-corrected chi connectivity index (χ2v) is 8.90. The summed E-state index contributed by atoms with van der Waals surface area (Å²) in [5.74, 6) is -0.113. The molecule has 0 radical (unpaired) electrons. The Hall–Kier alpha value is -2.15. The summed E-state index contributed by atoms with van der Waals surface area (Å²) in [6, 6.07) is 1.65. The lowest BCUT2D eigenvalue weighted by Gasteiger charge is -2.33. The van der Waals surface area contributed by atoms with Crippen LogP contribution in [0.1, 0.15) is 58.5 Å². The van der Waals surface area contributed by atoms with Crippen molar-refractivity contribution < 1.29 is 14.3 Å². The van der Waals surface area contributed by atoms with Crippen LogP contribution in [0.15, 0.2) is 12.3 Å². The van der Waals surface area contributed by atoms with Crippen LogP contribution >= 0.6 is 11.3 Å². The molecule has 1 aliphatic carbocycles. The monoisotopic (exact) mass is 375 g/mol. The molecule has 2 aromatic heterocycles. The zero-order valence-electron chi connectivity index (χ0n) is 15.9. The van der Waals surface area contributed by atoms with Crippen LogP contribution in [0.4, 0.5) is 5.00 Å². The van der Waals surface area contributed by atoms with Gasteiger partial charge < -0.3 is 10.1 Å². The number of amides is 1. The number of thiophene rings is 1. The summed E-state index contributed by atoms with van der Waals surface area (Å²) in [5.41, 5.74) is 2.20. The predicted molar refractivity (Wildman–Crippen MR) is 102 cm³/mol. The van der Waals surface area contributed by atoms with Gasteiger partial charge in [-0.15, -0.1) is 11.3 Å². The summed E-state index contributed by atoms with van der Waals surface area (Å²) in [5, 5.41) is 7.49. The van der Waals surface area contributed by atoms with E-state index in [1.165, 1.54) is 28.0 Å². The summed E-state index contributed by atoms with van der Waals surface area (Å²) in [6.07, 6.45) is 4.37. The Morgan fingerprint density at radius 1 is 1.38 bits per heavy atom. The number of nitrogens with zero attached hydrogens (tertiary/aromatic N) is 2. The number of nitrogens with one attached hydrogen (secondary N) is 1. The van der Waals surface area contributed by atoms with E-state index in [9.17, 15) is 9.59 Å². The fraction of sp³-hybridized carbons (Fsp3) is 0.526. The SMILES string of the molecule is COC(=O)c1c(NC(=O)c2ccnn2C)sc2c1CC[C@H](C(C)(C)C)C2. The number of ether oxygens (including phenoxy) is 1. The Morgan fingerprint density at radius 3 is 2.69 bits per heavy atom. The van der Waals surface area contributed by atoms with Crippen molar-refractivity contribution in [1.29, 1.82) is 0 Å². The predicted octanol–water partition coefficient (Wildman–Crippen LogP) is 3.67. The van der Waals surface area contributed by atoms with Crippen molar-refractivity contribution in [2.24, 2.45) is 18.4 Å². The number of hydrogen-bond donors (Lipinski definition) is 1. The van der Waals surface area contributed by atoms with Gasteiger partial charge in [0.15, 0.2) is 0 Å². The minimum Gasteiger partial charge on any atom is -0.465 e. The number of aromatic nitrogens is 2. The number of fused-ring (bicyclic) bond motifs is 1. The van der Waals surface area contributed by atoms with Gasteiger partial charge >= 0.3 is 5.97 Å². The van der Waals surface area contributed by atoms with Crippen LogP contribution in [-0.4, -0.2) is 28.8 Å². The molecule has 1 atom stereocenters. The summed E-state index contributed by atoms with van der Waals surface area (Å²) < 4.78 is 6.50. The first-order valence-corrected chi connectivity index (χ1v) is 9.56. The highest BCUT2D eigenvalue weighted by Gasteiger charge is 2.34. The molecule has 2 heterocycles. The Kier molecular flexibility index (Phi) is 4.92. The molecule has 0 saturated heterocycles. The van der Waals surface area contributed by atoms with Crippen molar-refractivity contribution in [3.05, 3.63) is 34.0 Å². The Balaban J connectivity index is 1.95. The molecule has 6 nitrogen and oxygen atoms in total. The molecule has 1 aliphatic rings. The molecular weight excluding hydrogens is 350 g/mol. The molecular formula is C19H25N3O3S. The highest BCUT2D eigenvalue weighted by Crippen LogP contribution is 2.44. The normalized spacial score (nSPS) is 16.9. The largest absolute Gasteiger partial charge is 0.465 e. The number of anilines is 1. The Morgan fingerprint density at radius 2 is 2.12 bits per heavy atom. The molecule has 1 amide bonds. The summed E-state index contributed by atoms with van der Waals surface area (Å²) >= 11 is 1.49. The molecule has 0 spiro atoms. The number of hydrogen-bond acceptors (Lipinski definition) is 5. The van der Waals surface area contributed by atoms with Crippen LogP contribution in [-0.2, 0) is 24.6 Å². The number of rotatable bonds is 3. The van der Waals surface area contributed by atoms with Crippen LogP contribution in [0.3, 0.4) is 0 Å². The third-order valence-corrected chi connectivity index (χ3v) is 6.33. The van der Waals surface area contributed by atoms with Crippen molar-refractivity contribution in [3.63, 3.8) is 0 Å². The van der Waals surface area contributed by atoms with E-state index in [1.807, 2.05) is 0 Å². The van der Waals surface area contributed by atoms with E-state index in [0.717, 1.165) is 24.8 Å². The maximum Gasteiger partial charge on any atom is 0.341 e. The van der Waals surface area contributed by atoms with Crippen molar-refractivity contribution in [2.45, 2.75) is 40.0 Å². The van der Waals surface area contributed by atoms with Crippen LogP contribution < -0.4 is 5.32 Å². The molecule has 2 aromatic rings. The van der Waals surface area contributed by atoms with Crippen molar-refractivity contribution in [2.75, 3.05) is 12.4 Å². The van der Waals surface area contributed by atoms with Crippen LogP contribution in [0, 0.1) is 11.3 Å². The Bertz CT molecular complexity index is 845. The van der Waals surface area contributed by atoms with Crippen molar-refractivity contribution in [1.82, 2.24) is 9.78 Å². The van der Waals surface area contributed by atoms with Gasteiger partial charge in [0.1, 0.15) is 10.7 Å². The van der Waals surface area contributed by atoms with Gasteiger partial charge in [0.2, 0.25) is 0 Å². The average Bonchev–Trinajstić information content (AvgIpc) is 3.15. The van der Waals surface area contributed by atoms with Gasteiger partial charge in [-0.05, 0) is 42.2 Å². The second-order valence-electron chi connectivity index (χ2n) is 7.80. The zero-order chi connectivity index (χ0) is 19.1. The van der Waals surface area contributed by atoms with Gasteiger partial charge in [-0.2, -0.15) is 5.10 Å². The van der Waals surface area contributed by atoms with E-state index in [4.69, 9.17) is 4.74 Å². The summed E-state index contributed by atoms with van der Waals surface area (Å²) in [6.45, 7) is 6.76. The lowest BCUT2D eigenvalue weighted by atomic mass is 9.72. The maximum atomic E-state index is 12.6. The Labute approximate surface area is 157 Å². The number of aryl methyl sites for hydroxylation is 1. The molecule has 0 fully saturated rings. The highest BCUT2D eigenvalue weighted by atomic mass is 32.1. The lowest BCUT2D eigenvalue weighted by Crippen LogP contribution is -2.26. The second kappa shape index (κ2) is 6.87. The first-order valence-electron chi connectivity index (χ1n) is 8.74. The highest BCUT2D eigenvalue weighted by molar-refractivity contribution is 7.17. The van der Waals surface area contributed by atoms with Crippen molar-refractivity contribution >= 4 is 28.2 Å². The smallest absolute Gasteiger partial charge is 0.341 e. The first-order chi connectivity index (χ1) is 12.2. The molecule has 26 heavy (non-hydrogen) atoms. The molecule has 3 rings (SSSR count). The van der Waals surface area contributed by atoms with E-state index in [1.54, 1.807) is 19.3 Å². The molecule has 0 bridgehead atoms. The number of carbonyl (C=O) groups is 2. The van der Waals surface area contributed by atoms with Gasteiger partial charge in [-0.3, -0.25) is 9.48 Å². The number of esters is 1. The number of methoxy groups -OCH3 is 1. The molecule has 0 unspecified atom stereocenters. The van der Waals surface area contributed by atoms with Crippen LogP contribution in [0.2, 0.25) is 0 Å². The minimum absolute atomic E-state index is 0.214. The van der Waals surface area contributed by atoms with Gasteiger partial charge in [0, 0.05) is 18.1 Å². The third kappa shape index (κ3) is 3.40. The molecule has 0 saturated carbocycles. The number of carbonyl (C=O) groups excluding carboxylic acids is 2. The van der Waals surface area contributed by atoms with Crippen molar-refractivity contribution in [3.8, 4) is 0 Å². The first kappa shape index (κ1) is 18.6. The van der Waals surface area contributed by atoms with E-state index in [0.29, 0.717) is 22.2 Å². The minimum atomic E-state index is -0.392. The molecule has 140 valence electrons. The summed E-state index contributed by atoms with van der Waals surface area (Å²) in [4.78, 5) is 26.2. The van der Waals surface area contributed by atoms with Crippen LogP contribution in [0.5, 0.6) is 0 Å². The van der Waals surface area contributed by atoms with E-state index in [-0.39, 0.29) is 11.3 Å². The van der Waals surface area contributed by atoms with Gasteiger partial charge in [0.05, 0.1) is 12.7 Å². The molecule has 0 aromatic carbocycles. The van der Waals surface area contributed by atoms with Crippen LogP contribution in [0.25, 0.3) is 0 Å². The average molecular weight is 375 g/mol. The van der Waals surface area contributed by atoms with E-state index < -0.39 is 5.97 Å². The quantitative estimate of drug-likeness (QED) is 0.831. The topological polar surface area (TPSA) is 73.2 Å². The van der Waals surface area contributed by atoms with E-state index >= 15 is 0 Å². The van der Waals surface area contributed by atoms with Gasteiger partial charge in [-0.25, -0.2) is 4.79 Å².